The first-order valence-electron chi connectivity index (χ1n) is 6.64. The van der Waals surface area contributed by atoms with Crippen molar-refractivity contribution < 1.29 is 9.53 Å². The Labute approximate surface area is 114 Å². The summed E-state index contributed by atoms with van der Waals surface area (Å²) < 4.78 is 5.43. The third-order valence-electron chi connectivity index (χ3n) is 2.61. The molecule has 0 spiro atoms. The molecule has 1 aromatic heterocycles. The minimum atomic E-state index is -0.176. The van der Waals surface area contributed by atoms with Crippen molar-refractivity contribution in [1.82, 2.24) is 10.3 Å². The molecule has 0 unspecified atom stereocenters. The summed E-state index contributed by atoms with van der Waals surface area (Å²) >= 11 is 0. The number of anilines is 1. The van der Waals surface area contributed by atoms with Gasteiger partial charge in [-0.2, -0.15) is 0 Å². The van der Waals surface area contributed by atoms with Crippen LogP contribution >= 0.6 is 0 Å². The summed E-state index contributed by atoms with van der Waals surface area (Å²) in [7, 11) is 1.77. The fraction of sp³-hybridized carbons (Fsp3) is 0.571. The van der Waals surface area contributed by atoms with Crippen LogP contribution in [0, 0.1) is 5.92 Å². The molecule has 5 nitrogen and oxygen atoms in total. The van der Waals surface area contributed by atoms with E-state index in [1.807, 2.05) is 6.07 Å². The van der Waals surface area contributed by atoms with Crippen molar-refractivity contribution in [2.24, 2.45) is 5.92 Å². The average molecular weight is 265 g/mol. The van der Waals surface area contributed by atoms with Crippen molar-refractivity contribution in [3.8, 4) is 0 Å². The van der Waals surface area contributed by atoms with Gasteiger partial charge in [-0.3, -0.25) is 4.79 Å². The lowest BCUT2D eigenvalue weighted by Crippen LogP contribution is -2.28. The van der Waals surface area contributed by atoms with Crippen LogP contribution in [0.4, 0.5) is 5.82 Å². The van der Waals surface area contributed by atoms with Gasteiger partial charge in [0.05, 0.1) is 6.61 Å². The van der Waals surface area contributed by atoms with E-state index in [-0.39, 0.29) is 5.91 Å². The molecule has 1 amide bonds. The Morgan fingerprint density at radius 1 is 1.37 bits per heavy atom. The van der Waals surface area contributed by atoms with E-state index in [4.69, 9.17) is 4.74 Å². The quantitative estimate of drug-likeness (QED) is 0.705. The summed E-state index contributed by atoms with van der Waals surface area (Å²) in [6.45, 7) is 6.09. The van der Waals surface area contributed by atoms with Gasteiger partial charge >= 0.3 is 0 Å². The van der Waals surface area contributed by atoms with Gasteiger partial charge in [0.1, 0.15) is 11.5 Å². The number of pyridine rings is 1. The van der Waals surface area contributed by atoms with Crippen LogP contribution in [-0.2, 0) is 4.74 Å². The predicted molar refractivity (Wildman–Crippen MR) is 76.4 cm³/mol. The lowest BCUT2D eigenvalue weighted by molar-refractivity contribution is 0.0901. The van der Waals surface area contributed by atoms with Crippen LogP contribution in [0.2, 0.25) is 0 Å². The Bertz CT molecular complexity index is 394. The number of amides is 1. The van der Waals surface area contributed by atoms with E-state index in [1.54, 1.807) is 19.2 Å². The zero-order valence-electron chi connectivity index (χ0n) is 11.9. The second-order valence-corrected chi connectivity index (χ2v) is 4.71. The van der Waals surface area contributed by atoms with Crippen molar-refractivity contribution in [3.05, 3.63) is 23.9 Å². The van der Waals surface area contributed by atoms with Crippen LogP contribution in [0.5, 0.6) is 0 Å². The van der Waals surface area contributed by atoms with Crippen molar-refractivity contribution in [1.29, 1.82) is 0 Å². The zero-order valence-corrected chi connectivity index (χ0v) is 11.9. The van der Waals surface area contributed by atoms with Gasteiger partial charge in [-0.15, -0.1) is 0 Å². The van der Waals surface area contributed by atoms with Crippen LogP contribution in [0.3, 0.4) is 0 Å². The third-order valence-corrected chi connectivity index (χ3v) is 2.61. The number of ether oxygens (including phenoxy) is 1. The molecular weight excluding hydrogens is 242 g/mol. The molecule has 0 aliphatic rings. The molecule has 0 bridgehead atoms. The van der Waals surface area contributed by atoms with Crippen LogP contribution in [0.1, 0.15) is 30.8 Å². The molecule has 0 radical (unpaired) electrons. The number of nitrogens with one attached hydrogen (secondary N) is 2. The second kappa shape index (κ2) is 8.48. The molecule has 1 heterocycles. The van der Waals surface area contributed by atoms with E-state index in [0.717, 1.165) is 13.0 Å². The molecule has 0 aromatic carbocycles. The van der Waals surface area contributed by atoms with E-state index in [2.05, 4.69) is 29.5 Å². The van der Waals surface area contributed by atoms with Gasteiger partial charge in [-0.05, 0) is 24.5 Å². The predicted octanol–water partition coefficient (Wildman–Crippen LogP) is 1.92. The number of aromatic nitrogens is 1. The van der Waals surface area contributed by atoms with Crippen LogP contribution in [0.25, 0.3) is 0 Å². The number of carbonyl (C=O) groups is 1. The Morgan fingerprint density at radius 3 is 2.84 bits per heavy atom. The number of hydrogen-bond donors (Lipinski definition) is 2. The third kappa shape index (κ3) is 6.20. The van der Waals surface area contributed by atoms with E-state index in [1.165, 1.54) is 0 Å². The number of rotatable bonds is 8. The normalized spacial score (nSPS) is 10.5. The average Bonchev–Trinajstić information content (AvgIpc) is 2.42. The number of carbonyl (C=O) groups excluding carboxylic acids is 1. The summed E-state index contributed by atoms with van der Waals surface area (Å²) in [5.74, 6) is 1.15. The van der Waals surface area contributed by atoms with Gasteiger partial charge in [-0.25, -0.2) is 4.98 Å². The zero-order chi connectivity index (χ0) is 14.1. The Balaban J connectivity index is 2.23. The SMILES string of the molecule is CNc1cccc(C(=O)NCCOCCC(C)C)n1. The molecule has 106 valence electrons. The molecule has 0 fully saturated rings. The minimum Gasteiger partial charge on any atom is -0.380 e. The highest BCUT2D eigenvalue weighted by atomic mass is 16.5. The van der Waals surface area contributed by atoms with E-state index in [0.29, 0.717) is 30.6 Å². The molecule has 0 saturated carbocycles. The monoisotopic (exact) mass is 265 g/mol. The molecule has 1 aromatic rings. The summed E-state index contributed by atoms with van der Waals surface area (Å²) in [6.07, 6.45) is 1.04. The standard InChI is InChI=1S/C14H23N3O2/c1-11(2)7-9-19-10-8-16-14(18)12-5-4-6-13(15-3)17-12/h4-6,11H,7-10H2,1-3H3,(H,15,17)(H,16,18). The minimum absolute atomic E-state index is 0.176. The Hall–Kier alpha value is -1.62. The van der Waals surface area contributed by atoms with Gasteiger partial charge in [0.25, 0.3) is 5.91 Å². The van der Waals surface area contributed by atoms with E-state index in [9.17, 15) is 4.79 Å². The highest BCUT2D eigenvalue weighted by molar-refractivity contribution is 5.92. The maximum absolute atomic E-state index is 11.8. The highest BCUT2D eigenvalue weighted by Gasteiger charge is 2.06. The van der Waals surface area contributed by atoms with Crippen LogP contribution < -0.4 is 10.6 Å². The molecule has 0 aliphatic carbocycles. The van der Waals surface area contributed by atoms with Gasteiger partial charge in [0, 0.05) is 20.2 Å². The molecule has 5 heteroatoms. The van der Waals surface area contributed by atoms with Gasteiger partial charge in [-0.1, -0.05) is 19.9 Å². The lowest BCUT2D eigenvalue weighted by atomic mass is 10.1. The first-order chi connectivity index (χ1) is 9.13. The van der Waals surface area contributed by atoms with Gasteiger partial charge in [0.15, 0.2) is 0 Å². The highest BCUT2D eigenvalue weighted by Crippen LogP contribution is 2.03. The second-order valence-electron chi connectivity index (χ2n) is 4.71. The number of hydrogen-bond acceptors (Lipinski definition) is 4. The molecule has 0 atom stereocenters. The van der Waals surface area contributed by atoms with Gasteiger partial charge < -0.3 is 15.4 Å². The maximum Gasteiger partial charge on any atom is 0.270 e. The topological polar surface area (TPSA) is 63.2 Å². The van der Waals surface area contributed by atoms with Crippen molar-refractivity contribution >= 4 is 11.7 Å². The molecule has 2 N–H and O–H groups in total. The van der Waals surface area contributed by atoms with Crippen LogP contribution in [0.15, 0.2) is 18.2 Å². The number of nitrogens with zero attached hydrogens (tertiary/aromatic N) is 1. The van der Waals surface area contributed by atoms with Gasteiger partial charge in [0.2, 0.25) is 0 Å². The fourth-order valence-electron chi connectivity index (χ4n) is 1.45. The summed E-state index contributed by atoms with van der Waals surface area (Å²) in [4.78, 5) is 16.0. The summed E-state index contributed by atoms with van der Waals surface area (Å²) in [5, 5.41) is 5.69. The van der Waals surface area contributed by atoms with Crippen LogP contribution in [-0.4, -0.2) is 37.7 Å². The molecule has 0 aliphatic heterocycles. The first kappa shape index (κ1) is 15.4. The maximum atomic E-state index is 11.8. The molecule has 1 rings (SSSR count). The lowest BCUT2D eigenvalue weighted by Gasteiger charge is -2.08. The smallest absolute Gasteiger partial charge is 0.270 e. The van der Waals surface area contributed by atoms with E-state index < -0.39 is 0 Å². The Morgan fingerprint density at radius 2 is 2.16 bits per heavy atom. The summed E-state index contributed by atoms with van der Waals surface area (Å²) in [5.41, 5.74) is 0.411. The first-order valence-corrected chi connectivity index (χ1v) is 6.64. The molecule has 0 saturated heterocycles. The molecule has 19 heavy (non-hydrogen) atoms. The van der Waals surface area contributed by atoms with Crippen molar-refractivity contribution in [3.63, 3.8) is 0 Å². The van der Waals surface area contributed by atoms with Crippen molar-refractivity contribution in [2.75, 3.05) is 32.1 Å². The largest absolute Gasteiger partial charge is 0.380 e. The van der Waals surface area contributed by atoms with E-state index >= 15 is 0 Å². The summed E-state index contributed by atoms with van der Waals surface area (Å²) in [6, 6.07) is 5.30. The fourth-order valence-corrected chi connectivity index (χ4v) is 1.45. The van der Waals surface area contributed by atoms with Crippen molar-refractivity contribution in [2.45, 2.75) is 20.3 Å². The molecular formula is C14H23N3O2. The Kier molecular flexibility index (Phi) is 6.89.